The predicted molar refractivity (Wildman–Crippen MR) is 129 cm³/mol. The minimum Gasteiger partial charge on any atom is -0.262 e. The molecule has 0 unspecified atom stereocenters. The molecule has 0 aliphatic carbocycles. The van der Waals surface area contributed by atoms with E-state index in [1.165, 1.54) is 44.2 Å². The Morgan fingerprint density at radius 1 is 0.719 bits per heavy atom. The summed E-state index contributed by atoms with van der Waals surface area (Å²) in [4.78, 5) is 0.0949. The number of rotatable bonds is 4. The molecule has 0 saturated carbocycles. The summed E-state index contributed by atoms with van der Waals surface area (Å²) < 4.78 is 57.4. The van der Waals surface area contributed by atoms with Gasteiger partial charge in [-0.15, -0.1) is 11.3 Å². The minimum absolute atomic E-state index is 0.000408. The monoisotopic (exact) mass is 504 g/mol. The van der Waals surface area contributed by atoms with Crippen molar-refractivity contribution in [3.05, 3.63) is 83.9 Å². The first-order chi connectivity index (χ1) is 15.3. The number of nitrogens with zero attached hydrogens (tertiary/aromatic N) is 2. The number of benzene rings is 3. The van der Waals surface area contributed by atoms with Crippen LogP contribution in [-0.4, -0.2) is 29.9 Å². The highest BCUT2D eigenvalue weighted by Crippen LogP contribution is 2.40. The van der Waals surface area contributed by atoms with Crippen LogP contribution in [0.15, 0.2) is 88.0 Å². The quantitative estimate of drug-likeness (QED) is 0.393. The Hall–Kier alpha value is -2.59. The molecule has 32 heavy (non-hydrogen) atoms. The Morgan fingerprint density at radius 3 is 1.91 bits per heavy atom. The summed E-state index contributed by atoms with van der Waals surface area (Å²) in [6, 6.07) is 21.7. The maximum Gasteiger partial charge on any atom is 0.273 e. The van der Waals surface area contributed by atoms with E-state index >= 15 is 0 Å². The number of halogens is 1. The second kappa shape index (κ2) is 7.77. The van der Waals surface area contributed by atoms with E-state index in [-0.39, 0.29) is 22.2 Å². The van der Waals surface area contributed by atoms with Crippen LogP contribution in [0.25, 0.3) is 10.1 Å². The fourth-order valence-corrected chi connectivity index (χ4v) is 8.31. The lowest BCUT2D eigenvalue weighted by molar-refractivity contribution is 0.582. The van der Waals surface area contributed by atoms with Crippen molar-refractivity contribution in [1.82, 2.24) is 0 Å². The van der Waals surface area contributed by atoms with Crippen molar-refractivity contribution in [2.75, 3.05) is 21.7 Å². The molecule has 164 valence electrons. The normalized spacial score (nSPS) is 14.5. The lowest BCUT2D eigenvalue weighted by Crippen LogP contribution is -2.46. The standard InChI is InChI=1S/C22H17ClN2O4S3/c23-17-9-11-18(12-10-17)31(26,27)24-13-14-25(20-7-3-2-6-19(20)24)32(28,29)22-15-16-5-1-4-8-21(16)30-22/h1-12,15H,13-14H2. The summed E-state index contributed by atoms with van der Waals surface area (Å²) in [5.74, 6) is 0. The van der Waals surface area contributed by atoms with Gasteiger partial charge in [-0.3, -0.25) is 8.61 Å². The Kier molecular flexibility index (Phi) is 5.16. The zero-order valence-electron chi connectivity index (χ0n) is 16.5. The molecule has 2 heterocycles. The van der Waals surface area contributed by atoms with Gasteiger partial charge in [0.25, 0.3) is 20.0 Å². The molecule has 0 spiro atoms. The van der Waals surface area contributed by atoms with Crippen LogP contribution in [0.3, 0.4) is 0 Å². The van der Waals surface area contributed by atoms with Crippen molar-refractivity contribution in [2.45, 2.75) is 9.10 Å². The average molecular weight is 505 g/mol. The van der Waals surface area contributed by atoms with Crippen LogP contribution in [0.1, 0.15) is 0 Å². The van der Waals surface area contributed by atoms with Gasteiger partial charge in [-0.05, 0) is 53.9 Å². The van der Waals surface area contributed by atoms with Crippen LogP contribution < -0.4 is 8.61 Å². The zero-order chi connectivity index (χ0) is 22.5. The molecule has 1 aromatic heterocycles. The third kappa shape index (κ3) is 3.45. The highest BCUT2D eigenvalue weighted by molar-refractivity contribution is 7.95. The zero-order valence-corrected chi connectivity index (χ0v) is 19.8. The molecule has 5 rings (SSSR count). The Balaban J connectivity index is 1.58. The van der Waals surface area contributed by atoms with Crippen LogP contribution in [0.2, 0.25) is 5.02 Å². The van der Waals surface area contributed by atoms with Crippen LogP contribution in [0.5, 0.6) is 0 Å². The minimum atomic E-state index is -3.89. The SMILES string of the molecule is O=S(=O)(c1ccc(Cl)cc1)N1CCN(S(=O)(=O)c2cc3ccccc3s2)c2ccccc21. The second-order valence-corrected chi connectivity index (χ2v) is 12.7. The number of hydrogen-bond acceptors (Lipinski definition) is 5. The fourth-order valence-electron chi connectivity index (χ4n) is 3.73. The largest absolute Gasteiger partial charge is 0.273 e. The molecular weight excluding hydrogens is 488 g/mol. The Morgan fingerprint density at radius 2 is 1.28 bits per heavy atom. The van der Waals surface area contributed by atoms with Crippen LogP contribution in [-0.2, 0) is 20.0 Å². The molecule has 1 aliphatic rings. The molecule has 6 nitrogen and oxygen atoms in total. The Labute approximate surface area is 195 Å². The van der Waals surface area contributed by atoms with Crippen molar-refractivity contribution in [3.8, 4) is 0 Å². The van der Waals surface area contributed by atoms with Crippen molar-refractivity contribution >= 4 is 64.4 Å². The van der Waals surface area contributed by atoms with Gasteiger partial charge in [0.15, 0.2) is 0 Å². The highest BCUT2D eigenvalue weighted by atomic mass is 35.5. The lowest BCUT2D eigenvalue weighted by Gasteiger charge is -2.37. The summed E-state index contributed by atoms with van der Waals surface area (Å²) in [7, 11) is -7.75. The molecule has 1 aliphatic heterocycles. The maximum absolute atomic E-state index is 13.5. The van der Waals surface area contributed by atoms with Gasteiger partial charge in [0.2, 0.25) is 0 Å². The van der Waals surface area contributed by atoms with Gasteiger partial charge in [-0.2, -0.15) is 0 Å². The van der Waals surface area contributed by atoms with E-state index in [1.54, 1.807) is 30.3 Å². The van der Waals surface area contributed by atoms with Gasteiger partial charge < -0.3 is 0 Å². The van der Waals surface area contributed by atoms with E-state index in [0.717, 1.165) is 10.1 Å². The van der Waals surface area contributed by atoms with Gasteiger partial charge in [0, 0.05) is 9.72 Å². The molecule has 4 aromatic rings. The van der Waals surface area contributed by atoms with Crippen molar-refractivity contribution in [2.24, 2.45) is 0 Å². The first kappa shape index (κ1) is 21.3. The average Bonchev–Trinajstić information content (AvgIpc) is 3.24. The van der Waals surface area contributed by atoms with E-state index in [2.05, 4.69) is 0 Å². The van der Waals surface area contributed by atoms with E-state index in [9.17, 15) is 16.8 Å². The summed E-state index contributed by atoms with van der Waals surface area (Å²) in [5, 5.41) is 1.29. The number of hydrogen-bond donors (Lipinski definition) is 0. The summed E-state index contributed by atoms with van der Waals surface area (Å²) in [6.07, 6.45) is 0. The van der Waals surface area contributed by atoms with Gasteiger partial charge in [0.05, 0.1) is 29.4 Å². The van der Waals surface area contributed by atoms with Gasteiger partial charge >= 0.3 is 0 Å². The maximum atomic E-state index is 13.5. The summed E-state index contributed by atoms with van der Waals surface area (Å²) >= 11 is 7.11. The number of fused-ring (bicyclic) bond motifs is 2. The number of anilines is 2. The van der Waals surface area contributed by atoms with Crippen molar-refractivity contribution < 1.29 is 16.8 Å². The second-order valence-electron chi connectivity index (χ2n) is 7.20. The van der Waals surface area contributed by atoms with Gasteiger partial charge in [-0.25, -0.2) is 16.8 Å². The molecule has 0 radical (unpaired) electrons. The lowest BCUT2D eigenvalue weighted by atomic mass is 10.2. The van der Waals surface area contributed by atoms with Crippen LogP contribution in [0.4, 0.5) is 11.4 Å². The Bertz CT molecular complexity index is 1500. The fraction of sp³-hybridized carbons (Fsp3) is 0.0909. The van der Waals surface area contributed by atoms with Crippen molar-refractivity contribution in [1.29, 1.82) is 0 Å². The molecule has 0 atom stereocenters. The predicted octanol–water partition coefficient (Wildman–Crippen LogP) is 4.96. The van der Waals surface area contributed by atoms with E-state index in [0.29, 0.717) is 16.4 Å². The van der Waals surface area contributed by atoms with Gasteiger partial charge in [0.1, 0.15) is 4.21 Å². The molecular formula is C22H17ClN2O4S3. The molecule has 0 N–H and O–H groups in total. The summed E-state index contributed by atoms with van der Waals surface area (Å²) in [5.41, 5.74) is 0.645. The third-order valence-corrected chi connectivity index (χ3v) is 10.7. The number of thiophene rings is 1. The van der Waals surface area contributed by atoms with E-state index < -0.39 is 20.0 Å². The summed E-state index contributed by atoms with van der Waals surface area (Å²) in [6.45, 7) is -0.00743. The molecule has 0 bridgehead atoms. The highest BCUT2D eigenvalue weighted by Gasteiger charge is 2.37. The van der Waals surface area contributed by atoms with E-state index in [4.69, 9.17) is 11.6 Å². The first-order valence-electron chi connectivity index (χ1n) is 9.67. The molecule has 0 fully saturated rings. The van der Waals surface area contributed by atoms with Crippen molar-refractivity contribution in [3.63, 3.8) is 0 Å². The topological polar surface area (TPSA) is 74.8 Å². The van der Waals surface area contributed by atoms with Crippen LogP contribution >= 0.6 is 22.9 Å². The number of para-hydroxylation sites is 2. The first-order valence-corrected chi connectivity index (χ1v) is 13.7. The smallest absolute Gasteiger partial charge is 0.262 e. The molecule has 3 aromatic carbocycles. The van der Waals surface area contributed by atoms with Crippen LogP contribution in [0, 0.1) is 0 Å². The molecule has 0 amide bonds. The molecule has 10 heteroatoms. The number of sulfonamides is 2. The third-order valence-electron chi connectivity index (χ3n) is 5.27. The van der Waals surface area contributed by atoms with Gasteiger partial charge in [-0.1, -0.05) is 41.9 Å². The van der Waals surface area contributed by atoms with E-state index in [1.807, 2.05) is 24.3 Å². The molecule has 0 saturated heterocycles.